The van der Waals surface area contributed by atoms with Crippen molar-refractivity contribution in [3.05, 3.63) is 23.5 Å². The number of rotatable bonds is 7. The van der Waals surface area contributed by atoms with Crippen LogP contribution in [-0.4, -0.2) is 35.3 Å². The third kappa shape index (κ3) is 4.52. The number of aromatic nitrogens is 1. The van der Waals surface area contributed by atoms with Crippen LogP contribution in [0.3, 0.4) is 0 Å². The molecule has 0 amide bonds. The van der Waals surface area contributed by atoms with Crippen LogP contribution in [0.1, 0.15) is 36.8 Å². The summed E-state index contributed by atoms with van der Waals surface area (Å²) >= 11 is 0. The molecule has 0 aromatic carbocycles. The van der Waals surface area contributed by atoms with Crippen molar-refractivity contribution in [1.82, 2.24) is 4.98 Å². The predicted octanol–water partition coefficient (Wildman–Crippen LogP) is 2.56. The number of ether oxygens (including phenoxy) is 1. The summed E-state index contributed by atoms with van der Waals surface area (Å²) in [5.41, 5.74) is 1.57. The van der Waals surface area contributed by atoms with Gasteiger partial charge >= 0.3 is 5.97 Å². The first kappa shape index (κ1) is 15.4. The second-order valence-electron chi connectivity index (χ2n) is 4.83. The number of hydrogen-bond acceptors (Lipinski definition) is 4. The smallest absolute Gasteiger partial charge is 0.339 e. The van der Waals surface area contributed by atoms with Gasteiger partial charge in [-0.1, -0.05) is 13.8 Å². The number of hydrogen-bond donors (Lipinski definition) is 2. The van der Waals surface area contributed by atoms with E-state index in [4.69, 9.17) is 4.74 Å². The molecule has 1 unspecified atom stereocenters. The zero-order chi connectivity index (χ0) is 14.4. The van der Waals surface area contributed by atoms with Crippen molar-refractivity contribution in [1.29, 1.82) is 0 Å². The number of carboxylic acids is 1. The van der Waals surface area contributed by atoms with E-state index < -0.39 is 5.97 Å². The van der Waals surface area contributed by atoms with Gasteiger partial charge in [-0.25, -0.2) is 4.79 Å². The van der Waals surface area contributed by atoms with Crippen molar-refractivity contribution in [2.75, 3.05) is 18.5 Å². The molecule has 0 saturated carbocycles. The third-order valence-corrected chi connectivity index (χ3v) is 2.92. The summed E-state index contributed by atoms with van der Waals surface area (Å²) in [5.74, 6) is -0.643. The molecule has 1 rings (SSSR count). The molecular formula is C14H22N2O3. The van der Waals surface area contributed by atoms with Crippen LogP contribution in [0.15, 0.2) is 12.3 Å². The van der Waals surface area contributed by atoms with Gasteiger partial charge in [-0.3, -0.25) is 4.98 Å². The minimum Gasteiger partial charge on any atom is -0.478 e. The van der Waals surface area contributed by atoms with E-state index in [0.717, 1.165) is 5.69 Å². The van der Waals surface area contributed by atoms with Crippen LogP contribution in [0, 0.1) is 12.8 Å². The molecule has 5 nitrogen and oxygen atoms in total. The molecule has 0 aliphatic rings. The van der Waals surface area contributed by atoms with E-state index in [1.54, 1.807) is 6.07 Å². The number of carbonyl (C=O) groups is 1. The molecule has 0 radical (unpaired) electrons. The third-order valence-electron chi connectivity index (χ3n) is 2.92. The van der Waals surface area contributed by atoms with E-state index in [1.165, 1.54) is 6.20 Å². The molecule has 0 aliphatic heterocycles. The lowest BCUT2D eigenvalue weighted by atomic mass is 10.0. The normalized spacial score (nSPS) is 12.5. The van der Waals surface area contributed by atoms with E-state index in [2.05, 4.69) is 24.1 Å². The van der Waals surface area contributed by atoms with Gasteiger partial charge in [0.15, 0.2) is 0 Å². The molecule has 0 bridgehead atoms. The molecule has 0 spiro atoms. The Kier molecular flexibility index (Phi) is 5.76. The van der Waals surface area contributed by atoms with Crippen LogP contribution in [0.25, 0.3) is 0 Å². The number of anilines is 1. The average Bonchev–Trinajstić information content (AvgIpc) is 2.33. The monoisotopic (exact) mass is 266 g/mol. The van der Waals surface area contributed by atoms with Crippen LogP contribution in [0.2, 0.25) is 0 Å². The number of nitrogens with one attached hydrogen (secondary N) is 1. The molecule has 2 N–H and O–H groups in total. The summed E-state index contributed by atoms with van der Waals surface area (Å²) in [6.45, 7) is 9.12. The Morgan fingerprint density at radius 2 is 2.21 bits per heavy atom. The first-order valence-electron chi connectivity index (χ1n) is 6.49. The molecule has 0 saturated heterocycles. The highest BCUT2D eigenvalue weighted by atomic mass is 16.5. The van der Waals surface area contributed by atoms with Crippen LogP contribution < -0.4 is 5.32 Å². The number of pyridine rings is 1. The molecule has 1 heterocycles. The molecule has 0 fully saturated rings. The van der Waals surface area contributed by atoms with Gasteiger partial charge in [-0.15, -0.1) is 0 Å². The fourth-order valence-corrected chi connectivity index (χ4v) is 1.69. The minimum atomic E-state index is -0.978. The fourth-order valence-electron chi connectivity index (χ4n) is 1.69. The topological polar surface area (TPSA) is 71.5 Å². The van der Waals surface area contributed by atoms with Gasteiger partial charge in [-0.05, 0) is 25.8 Å². The highest BCUT2D eigenvalue weighted by Gasteiger charge is 2.17. The second-order valence-corrected chi connectivity index (χ2v) is 4.83. The SMILES string of the molecule is CCOCC(Nc1cc(C)ncc1C(=O)O)C(C)C. The summed E-state index contributed by atoms with van der Waals surface area (Å²) in [7, 11) is 0. The van der Waals surface area contributed by atoms with E-state index in [-0.39, 0.29) is 11.6 Å². The van der Waals surface area contributed by atoms with Crippen molar-refractivity contribution < 1.29 is 14.6 Å². The number of aryl methyl sites for hydroxylation is 1. The zero-order valence-electron chi connectivity index (χ0n) is 11.9. The lowest BCUT2D eigenvalue weighted by Gasteiger charge is -2.24. The van der Waals surface area contributed by atoms with E-state index in [0.29, 0.717) is 24.8 Å². The molecule has 1 aromatic rings. The van der Waals surface area contributed by atoms with Gasteiger partial charge in [0, 0.05) is 18.5 Å². The first-order chi connectivity index (χ1) is 8.95. The molecule has 106 valence electrons. The number of aromatic carboxylic acids is 1. The standard InChI is InChI=1S/C14H22N2O3/c1-5-19-8-13(9(2)3)16-12-6-10(4)15-7-11(12)14(17)18/h6-7,9,13H,5,8H2,1-4H3,(H,15,16)(H,17,18). The van der Waals surface area contributed by atoms with Gasteiger partial charge in [-0.2, -0.15) is 0 Å². The van der Waals surface area contributed by atoms with Gasteiger partial charge in [0.05, 0.1) is 18.3 Å². The molecule has 1 atom stereocenters. The Bertz CT molecular complexity index is 433. The largest absolute Gasteiger partial charge is 0.478 e. The number of nitrogens with zero attached hydrogens (tertiary/aromatic N) is 1. The molecule has 1 aromatic heterocycles. The highest BCUT2D eigenvalue weighted by molar-refractivity contribution is 5.93. The summed E-state index contributed by atoms with van der Waals surface area (Å²) in [4.78, 5) is 15.2. The Balaban J connectivity index is 2.94. The quantitative estimate of drug-likeness (QED) is 0.793. The lowest BCUT2D eigenvalue weighted by Crippen LogP contribution is -2.31. The maximum Gasteiger partial charge on any atom is 0.339 e. The average molecular weight is 266 g/mol. The van der Waals surface area contributed by atoms with Crippen molar-refractivity contribution >= 4 is 11.7 Å². The summed E-state index contributed by atoms with van der Waals surface area (Å²) in [5, 5.41) is 12.4. The Hall–Kier alpha value is -1.62. The van der Waals surface area contributed by atoms with Crippen molar-refractivity contribution in [2.45, 2.75) is 33.7 Å². The van der Waals surface area contributed by atoms with Crippen LogP contribution >= 0.6 is 0 Å². The lowest BCUT2D eigenvalue weighted by molar-refractivity contribution is 0.0697. The highest BCUT2D eigenvalue weighted by Crippen LogP contribution is 2.19. The Morgan fingerprint density at radius 3 is 2.74 bits per heavy atom. The minimum absolute atomic E-state index is 0.0693. The van der Waals surface area contributed by atoms with Crippen molar-refractivity contribution in [2.24, 2.45) is 5.92 Å². The molecule has 19 heavy (non-hydrogen) atoms. The summed E-state index contributed by atoms with van der Waals surface area (Å²) < 4.78 is 5.43. The first-order valence-corrected chi connectivity index (χ1v) is 6.49. The van der Waals surface area contributed by atoms with Gasteiger partial charge in [0.25, 0.3) is 0 Å². The summed E-state index contributed by atoms with van der Waals surface area (Å²) in [6, 6.07) is 1.82. The second kappa shape index (κ2) is 7.09. The molecular weight excluding hydrogens is 244 g/mol. The van der Waals surface area contributed by atoms with E-state index in [9.17, 15) is 9.90 Å². The van der Waals surface area contributed by atoms with E-state index >= 15 is 0 Å². The molecule has 5 heteroatoms. The van der Waals surface area contributed by atoms with Crippen molar-refractivity contribution in [3.8, 4) is 0 Å². The maximum absolute atomic E-state index is 11.2. The van der Waals surface area contributed by atoms with Crippen molar-refractivity contribution in [3.63, 3.8) is 0 Å². The number of carboxylic acid groups (broad SMARTS) is 1. The summed E-state index contributed by atoms with van der Waals surface area (Å²) in [6.07, 6.45) is 1.39. The van der Waals surface area contributed by atoms with E-state index in [1.807, 2.05) is 13.8 Å². The Morgan fingerprint density at radius 1 is 1.53 bits per heavy atom. The van der Waals surface area contributed by atoms with Crippen LogP contribution in [-0.2, 0) is 4.74 Å². The van der Waals surface area contributed by atoms with Gasteiger partial charge in [0.2, 0.25) is 0 Å². The molecule has 0 aliphatic carbocycles. The Labute approximate surface area is 114 Å². The maximum atomic E-state index is 11.2. The van der Waals surface area contributed by atoms with Gasteiger partial charge < -0.3 is 15.2 Å². The van der Waals surface area contributed by atoms with Crippen LogP contribution in [0.4, 0.5) is 5.69 Å². The fraction of sp³-hybridized carbons (Fsp3) is 0.571. The predicted molar refractivity (Wildman–Crippen MR) is 74.7 cm³/mol. The van der Waals surface area contributed by atoms with Gasteiger partial charge in [0.1, 0.15) is 5.56 Å². The zero-order valence-corrected chi connectivity index (χ0v) is 11.9. The van der Waals surface area contributed by atoms with Crippen LogP contribution in [0.5, 0.6) is 0 Å².